The van der Waals surface area contributed by atoms with Crippen molar-refractivity contribution in [3.8, 4) is 0 Å². The first-order valence-electron chi connectivity index (χ1n) is 6.56. The summed E-state index contributed by atoms with van der Waals surface area (Å²) in [5, 5.41) is 2.37. The normalized spacial score (nSPS) is 11.5. The molecule has 1 N–H and O–H groups in total. The molecule has 4 nitrogen and oxygen atoms in total. The summed E-state index contributed by atoms with van der Waals surface area (Å²) in [6, 6.07) is 10.7. The zero-order valence-corrected chi connectivity index (χ0v) is 14.2. The lowest BCUT2D eigenvalue weighted by atomic mass is 10.3. The number of hydrogen-bond acceptors (Lipinski definition) is 5. The van der Waals surface area contributed by atoms with Crippen molar-refractivity contribution in [3.63, 3.8) is 0 Å². The number of benzene rings is 2. The lowest BCUT2D eigenvalue weighted by Crippen LogP contribution is -2.03. The molecular formula is C15H9ClF2N2O2S2. The third kappa shape index (κ3) is 3.26. The van der Waals surface area contributed by atoms with E-state index < -0.39 is 21.5 Å². The van der Waals surface area contributed by atoms with E-state index >= 15 is 0 Å². The Morgan fingerprint density at radius 3 is 2.46 bits per heavy atom. The monoisotopic (exact) mass is 386 g/mol. The van der Waals surface area contributed by atoms with Gasteiger partial charge in [-0.05, 0) is 24.3 Å². The predicted molar refractivity (Wildman–Crippen MR) is 88.7 cm³/mol. The second kappa shape index (κ2) is 6.46. The minimum Gasteiger partial charge on any atom is -0.329 e. The van der Waals surface area contributed by atoms with Crippen molar-refractivity contribution in [2.75, 3.05) is 5.32 Å². The average molecular weight is 387 g/mol. The first-order valence-corrected chi connectivity index (χ1v) is 9.24. The van der Waals surface area contributed by atoms with E-state index in [0.717, 1.165) is 17.4 Å². The van der Waals surface area contributed by atoms with Crippen LogP contribution in [0, 0.1) is 11.6 Å². The summed E-state index contributed by atoms with van der Waals surface area (Å²) in [7, 11) is -3.88. The number of nitrogens with zero attached hydrogens (tertiary/aromatic N) is 1. The van der Waals surface area contributed by atoms with Gasteiger partial charge in [0.2, 0.25) is 9.84 Å². The van der Waals surface area contributed by atoms with Crippen molar-refractivity contribution in [1.29, 1.82) is 0 Å². The third-order valence-electron chi connectivity index (χ3n) is 3.04. The van der Waals surface area contributed by atoms with Gasteiger partial charge in [-0.2, -0.15) is 0 Å². The molecule has 9 heteroatoms. The van der Waals surface area contributed by atoms with Crippen LogP contribution >= 0.6 is 22.9 Å². The maximum absolute atomic E-state index is 13.7. The zero-order chi connectivity index (χ0) is 17.3. The molecule has 0 unspecified atom stereocenters. The summed E-state index contributed by atoms with van der Waals surface area (Å²) in [5.74, 6) is -1.55. The fourth-order valence-electron chi connectivity index (χ4n) is 1.92. The number of anilines is 2. The molecule has 0 spiro atoms. The highest BCUT2D eigenvalue weighted by Gasteiger charge is 2.25. The summed E-state index contributed by atoms with van der Waals surface area (Å²) in [6.45, 7) is 0. The van der Waals surface area contributed by atoms with Gasteiger partial charge in [-0.1, -0.05) is 41.1 Å². The van der Waals surface area contributed by atoms with E-state index in [0.29, 0.717) is 6.07 Å². The highest BCUT2D eigenvalue weighted by Crippen LogP contribution is 2.35. The number of nitrogens with one attached hydrogen (secondary N) is 1. The molecule has 0 radical (unpaired) electrons. The predicted octanol–water partition coefficient (Wildman–Crippen LogP) is 4.65. The summed E-state index contributed by atoms with van der Waals surface area (Å²) in [4.78, 5) is 4.00. The van der Waals surface area contributed by atoms with Crippen LogP contribution in [0.3, 0.4) is 0 Å². The fourth-order valence-corrected chi connectivity index (χ4v) is 4.76. The van der Waals surface area contributed by atoms with Crippen molar-refractivity contribution in [2.45, 2.75) is 9.92 Å². The maximum Gasteiger partial charge on any atom is 0.226 e. The van der Waals surface area contributed by atoms with Crippen molar-refractivity contribution in [2.24, 2.45) is 0 Å². The quantitative estimate of drug-likeness (QED) is 0.709. The van der Waals surface area contributed by atoms with Crippen LogP contribution in [-0.2, 0) is 9.84 Å². The highest BCUT2D eigenvalue weighted by atomic mass is 35.5. The fraction of sp³-hybridized carbons (Fsp3) is 0. The SMILES string of the molecule is O=S(=O)(c1ccccc1)c1nc(Nc2ccc(F)cc2F)sc1Cl. The summed E-state index contributed by atoms with van der Waals surface area (Å²) in [5.41, 5.74) is -0.0366. The van der Waals surface area contributed by atoms with Gasteiger partial charge in [0.1, 0.15) is 16.0 Å². The Kier molecular flexibility index (Phi) is 4.53. The van der Waals surface area contributed by atoms with E-state index in [1.165, 1.54) is 18.2 Å². The molecule has 0 bridgehead atoms. The van der Waals surface area contributed by atoms with Crippen LogP contribution in [0.5, 0.6) is 0 Å². The first-order chi connectivity index (χ1) is 11.4. The molecule has 0 saturated carbocycles. The number of rotatable bonds is 4. The minimum atomic E-state index is -3.88. The summed E-state index contributed by atoms with van der Waals surface area (Å²) >= 11 is 6.84. The lowest BCUT2D eigenvalue weighted by Gasteiger charge is -2.04. The number of sulfone groups is 1. The first kappa shape index (κ1) is 16.8. The van der Waals surface area contributed by atoms with Crippen LogP contribution in [0.25, 0.3) is 0 Å². The molecule has 24 heavy (non-hydrogen) atoms. The topological polar surface area (TPSA) is 59.1 Å². The molecule has 124 valence electrons. The van der Waals surface area contributed by atoms with Crippen LogP contribution < -0.4 is 5.32 Å². The van der Waals surface area contributed by atoms with E-state index in [-0.39, 0.29) is 25.1 Å². The summed E-state index contributed by atoms with van der Waals surface area (Å²) < 4.78 is 51.6. The Labute approximate surface area is 145 Å². The van der Waals surface area contributed by atoms with Crippen LogP contribution in [-0.4, -0.2) is 13.4 Å². The molecule has 0 fully saturated rings. The Bertz CT molecular complexity index is 992. The molecule has 1 aromatic heterocycles. The Balaban J connectivity index is 1.96. The van der Waals surface area contributed by atoms with Crippen LogP contribution in [0.15, 0.2) is 58.5 Å². The second-order valence-electron chi connectivity index (χ2n) is 4.66. The van der Waals surface area contributed by atoms with Gasteiger partial charge in [0.25, 0.3) is 0 Å². The van der Waals surface area contributed by atoms with E-state index in [2.05, 4.69) is 10.3 Å². The average Bonchev–Trinajstić information content (AvgIpc) is 2.92. The van der Waals surface area contributed by atoms with Gasteiger partial charge >= 0.3 is 0 Å². The summed E-state index contributed by atoms with van der Waals surface area (Å²) in [6.07, 6.45) is 0. The molecule has 0 atom stereocenters. The van der Waals surface area contributed by atoms with Gasteiger partial charge in [-0.15, -0.1) is 0 Å². The van der Waals surface area contributed by atoms with Gasteiger partial charge in [0.05, 0.1) is 10.6 Å². The third-order valence-corrected chi connectivity index (χ3v) is 6.15. The van der Waals surface area contributed by atoms with Gasteiger partial charge in [-0.3, -0.25) is 0 Å². The molecule has 0 aliphatic rings. The number of aromatic nitrogens is 1. The van der Waals surface area contributed by atoms with Crippen LogP contribution in [0.1, 0.15) is 0 Å². The lowest BCUT2D eigenvalue weighted by molar-refractivity contribution is 0.586. The van der Waals surface area contributed by atoms with E-state index in [4.69, 9.17) is 11.6 Å². The van der Waals surface area contributed by atoms with Gasteiger partial charge in [0, 0.05) is 6.07 Å². The maximum atomic E-state index is 13.7. The van der Waals surface area contributed by atoms with Gasteiger partial charge < -0.3 is 5.32 Å². The molecule has 3 aromatic rings. The van der Waals surface area contributed by atoms with E-state index in [1.54, 1.807) is 18.2 Å². The van der Waals surface area contributed by atoms with Crippen molar-refractivity contribution >= 4 is 43.6 Å². The van der Waals surface area contributed by atoms with Crippen LogP contribution in [0.2, 0.25) is 4.34 Å². The van der Waals surface area contributed by atoms with Crippen molar-refractivity contribution in [1.82, 2.24) is 4.98 Å². The second-order valence-corrected chi connectivity index (χ2v) is 8.13. The molecule has 2 aromatic carbocycles. The Morgan fingerprint density at radius 2 is 1.79 bits per heavy atom. The number of hydrogen-bond donors (Lipinski definition) is 1. The number of thiazole rings is 1. The largest absolute Gasteiger partial charge is 0.329 e. The molecular weight excluding hydrogens is 378 g/mol. The van der Waals surface area contributed by atoms with Gasteiger partial charge in [-0.25, -0.2) is 22.2 Å². The standard InChI is InChI=1S/C15H9ClF2N2O2S2/c16-13-14(24(21,22)10-4-2-1-3-5-10)20-15(23-13)19-12-7-6-9(17)8-11(12)18/h1-8H,(H,19,20). The van der Waals surface area contributed by atoms with E-state index in [9.17, 15) is 17.2 Å². The smallest absolute Gasteiger partial charge is 0.226 e. The highest BCUT2D eigenvalue weighted by molar-refractivity contribution is 7.91. The minimum absolute atomic E-state index is 0.0366. The molecule has 0 aliphatic heterocycles. The molecule has 0 amide bonds. The van der Waals surface area contributed by atoms with Crippen molar-refractivity contribution < 1.29 is 17.2 Å². The molecule has 3 rings (SSSR count). The molecule has 0 aliphatic carbocycles. The Hall–Kier alpha value is -2.03. The molecule has 1 heterocycles. The van der Waals surface area contributed by atoms with E-state index in [1.807, 2.05) is 0 Å². The molecule has 0 saturated heterocycles. The van der Waals surface area contributed by atoms with Crippen molar-refractivity contribution in [3.05, 3.63) is 64.5 Å². The van der Waals surface area contributed by atoms with Gasteiger partial charge in [0.15, 0.2) is 10.2 Å². The Morgan fingerprint density at radius 1 is 1.08 bits per heavy atom. The van der Waals surface area contributed by atoms with Crippen LogP contribution in [0.4, 0.5) is 19.6 Å². The number of halogens is 3. The zero-order valence-electron chi connectivity index (χ0n) is 11.8.